The lowest BCUT2D eigenvalue weighted by molar-refractivity contribution is -0.198. The molecule has 0 aliphatic heterocycles. The van der Waals surface area contributed by atoms with Crippen LogP contribution in [-0.4, -0.2) is 111 Å². The monoisotopic (exact) mass is 540 g/mol. The molecular weight excluding hydrogens is 520 g/mol. The number of esters is 2. The third-order valence-electron chi connectivity index (χ3n) is 4.42. The zero-order valence-corrected chi connectivity index (χ0v) is 18.3. The van der Waals surface area contributed by atoms with Crippen LogP contribution >= 0.6 is 0 Å². The number of carboxylic acid groups (broad SMARTS) is 7. The van der Waals surface area contributed by atoms with Crippen LogP contribution < -0.4 is 0 Å². The van der Waals surface area contributed by atoms with Gasteiger partial charge in [-0.2, -0.15) is 0 Å². The molecule has 0 fully saturated rings. The molecule has 19 heteroatoms. The van der Waals surface area contributed by atoms with E-state index in [1.807, 2.05) is 0 Å². The number of carboxylic acids is 7. The predicted octanol–water partition coefficient (Wildman–Crippen LogP) is -2.79. The van der Waals surface area contributed by atoms with Crippen molar-refractivity contribution >= 4 is 53.7 Å². The molecule has 0 heterocycles. The second-order valence-electron chi connectivity index (χ2n) is 7.52. The number of hydrogen-bond acceptors (Lipinski definition) is 12. The van der Waals surface area contributed by atoms with Gasteiger partial charge in [-0.25, -0.2) is 14.4 Å². The number of carbonyl (C=O) groups is 9. The third kappa shape index (κ3) is 9.39. The molecule has 0 saturated heterocycles. The molecule has 0 rings (SSSR count). The first-order valence-corrected chi connectivity index (χ1v) is 9.44. The normalized spacial score (nSPS) is 14.2. The van der Waals surface area contributed by atoms with E-state index in [4.69, 9.17) is 25.5 Å². The molecule has 0 aliphatic carbocycles. The van der Waals surface area contributed by atoms with Gasteiger partial charge in [0.15, 0.2) is 5.60 Å². The highest BCUT2D eigenvalue weighted by Gasteiger charge is 2.53. The highest BCUT2D eigenvalue weighted by molar-refractivity contribution is 5.95. The molecule has 0 amide bonds. The van der Waals surface area contributed by atoms with E-state index in [0.29, 0.717) is 0 Å². The number of aliphatic hydroxyl groups is 1. The van der Waals surface area contributed by atoms with Crippen molar-refractivity contribution < 1.29 is 93.5 Å². The lowest BCUT2D eigenvalue weighted by atomic mass is 9.92. The fraction of sp³-hybridized carbons (Fsp3) is 0.500. The lowest BCUT2D eigenvalue weighted by Crippen LogP contribution is -2.52. The maximum absolute atomic E-state index is 12.4. The van der Waals surface area contributed by atoms with E-state index in [0.717, 1.165) is 0 Å². The van der Waals surface area contributed by atoms with Gasteiger partial charge >= 0.3 is 53.7 Å². The summed E-state index contributed by atoms with van der Waals surface area (Å²) in [5, 5.41) is 73.2. The van der Waals surface area contributed by atoms with Gasteiger partial charge in [-0.05, 0) is 0 Å². The maximum Gasteiger partial charge on any atom is 0.349 e. The maximum atomic E-state index is 12.4. The molecule has 2 unspecified atom stereocenters. The molecule has 8 N–H and O–H groups in total. The fourth-order valence-corrected chi connectivity index (χ4v) is 2.84. The number of ether oxygens (including phenoxy) is 2. The van der Waals surface area contributed by atoms with Gasteiger partial charge < -0.3 is 50.3 Å². The zero-order chi connectivity index (χ0) is 29.4. The van der Waals surface area contributed by atoms with Crippen LogP contribution in [0.3, 0.4) is 0 Å². The molecule has 0 aromatic heterocycles. The van der Waals surface area contributed by atoms with Crippen molar-refractivity contribution in [1.82, 2.24) is 0 Å². The van der Waals surface area contributed by atoms with E-state index >= 15 is 0 Å². The van der Waals surface area contributed by atoms with Gasteiger partial charge in [0, 0.05) is 0 Å². The van der Waals surface area contributed by atoms with Gasteiger partial charge in [0.25, 0.3) is 0 Å². The highest BCUT2D eigenvalue weighted by atomic mass is 16.6. The van der Waals surface area contributed by atoms with Crippen molar-refractivity contribution in [2.75, 3.05) is 0 Å². The average Bonchev–Trinajstić information content (AvgIpc) is 2.64. The first kappa shape index (κ1) is 32.2. The minimum Gasteiger partial charge on any atom is -0.481 e. The standard InChI is InChI=1S/C18H20O19/c19-7(20)1-16(35,13(29)30)5-11(27)36-18(15(33)34,4-10(25)26)6-12(28)37-17(14(31)32,2-8(21)22)3-9(23)24/h35H,1-6H2,(H,19,20)(H,21,22)(H,23,24)(H,25,26)(H,29,30)(H,31,32)(H,33,34). The Morgan fingerprint density at radius 3 is 1.00 bits per heavy atom. The molecule has 19 nitrogen and oxygen atoms in total. The van der Waals surface area contributed by atoms with Crippen LogP contribution in [0.1, 0.15) is 38.5 Å². The van der Waals surface area contributed by atoms with Crippen LogP contribution in [0.2, 0.25) is 0 Å². The van der Waals surface area contributed by atoms with E-state index in [-0.39, 0.29) is 0 Å². The Morgan fingerprint density at radius 2 is 0.730 bits per heavy atom. The molecule has 0 aromatic rings. The van der Waals surface area contributed by atoms with Crippen LogP contribution in [0.25, 0.3) is 0 Å². The van der Waals surface area contributed by atoms with Crippen molar-refractivity contribution in [3.63, 3.8) is 0 Å². The fourth-order valence-electron chi connectivity index (χ4n) is 2.84. The Hall–Kier alpha value is -4.81. The summed E-state index contributed by atoms with van der Waals surface area (Å²) in [7, 11) is 0. The Kier molecular flexibility index (Phi) is 10.6. The van der Waals surface area contributed by atoms with Crippen LogP contribution in [0, 0.1) is 0 Å². The summed E-state index contributed by atoms with van der Waals surface area (Å²) in [5.41, 5.74) is -10.2. The molecular formula is C18H20O19. The quantitative estimate of drug-likeness (QED) is 0.0864. The molecule has 206 valence electrons. The molecule has 37 heavy (non-hydrogen) atoms. The van der Waals surface area contributed by atoms with E-state index in [2.05, 4.69) is 9.47 Å². The van der Waals surface area contributed by atoms with Crippen molar-refractivity contribution in [2.45, 2.75) is 55.3 Å². The van der Waals surface area contributed by atoms with Gasteiger partial charge in [0.1, 0.15) is 0 Å². The summed E-state index contributed by atoms with van der Waals surface area (Å²) in [4.78, 5) is 103. The van der Waals surface area contributed by atoms with Crippen molar-refractivity contribution in [1.29, 1.82) is 0 Å². The summed E-state index contributed by atoms with van der Waals surface area (Å²) in [5.74, 6) is -19.1. The smallest absolute Gasteiger partial charge is 0.349 e. The summed E-state index contributed by atoms with van der Waals surface area (Å²) in [6, 6.07) is 0. The predicted molar refractivity (Wildman–Crippen MR) is 104 cm³/mol. The van der Waals surface area contributed by atoms with E-state index in [1.165, 1.54) is 0 Å². The van der Waals surface area contributed by atoms with Crippen LogP contribution in [0.15, 0.2) is 0 Å². The zero-order valence-electron chi connectivity index (χ0n) is 18.3. The van der Waals surface area contributed by atoms with Crippen LogP contribution in [0.4, 0.5) is 0 Å². The summed E-state index contributed by atoms with van der Waals surface area (Å²) >= 11 is 0. The topological polar surface area (TPSA) is 334 Å². The number of hydrogen-bond donors (Lipinski definition) is 8. The van der Waals surface area contributed by atoms with Gasteiger partial charge in [0.2, 0.25) is 11.2 Å². The Labute approximate surface area is 203 Å². The first-order chi connectivity index (χ1) is 16.7. The number of carbonyl (C=O) groups excluding carboxylic acids is 2. The minimum absolute atomic E-state index is 1.61. The minimum atomic E-state index is -3.50. The summed E-state index contributed by atoms with van der Waals surface area (Å²) in [6.45, 7) is 0. The van der Waals surface area contributed by atoms with Crippen LogP contribution in [0.5, 0.6) is 0 Å². The third-order valence-corrected chi connectivity index (χ3v) is 4.42. The molecule has 0 aliphatic rings. The molecule has 0 saturated carbocycles. The summed E-state index contributed by atoms with van der Waals surface area (Å²) < 4.78 is 8.84. The molecule has 0 bridgehead atoms. The van der Waals surface area contributed by atoms with Crippen molar-refractivity contribution in [3.05, 3.63) is 0 Å². The van der Waals surface area contributed by atoms with Gasteiger partial charge in [0.05, 0.1) is 38.5 Å². The SMILES string of the molecule is O=C(O)CC(O)(CC(=O)OC(CC(=O)O)(CC(=O)OC(CC(=O)O)(CC(=O)O)C(=O)O)C(=O)O)C(=O)O. The average molecular weight is 540 g/mol. The van der Waals surface area contributed by atoms with Gasteiger partial charge in [-0.15, -0.1) is 0 Å². The van der Waals surface area contributed by atoms with Gasteiger partial charge in [-0.1, -0.05) is 0 Å². The van der Waals surface area contributed by atoms with E-state index in [1.54, 1.807) is 0 Å². The molecule has 0 radical (unpaired) electrons. The summed E-state index contributed by atoms with van der Waals surface area (Å²) in [6.07, 6.45) is -10.3. The second-order valence-corrected chi connectivity index (χ2v) is 7.52. The second kappa shape index (κ2) is 12.2. The lowest BCUT2D eigenvalue weighted by Gasteiger charge is -2.31. The van der Waals surface area contributed by atoms with Crippen molar-refractivity contribution in [2.24, 2.45) is 0 Å². The molecule has 0 aromatic carbocycles. The largest absolute Gasteiger partial charge is 0.481 e. The van der Waals surface area contributed by atoms with E-state index in [9.17, 15) is 58.5 Å². The number of rotatable bonds is 17. The molecule has 2 atom stereocenters. The van der Waals surface area contributed by atoms with Crippen LogP contribution in [-0.2, 0) is 52.6 Å². The molecule has 0 spiro atoms. The van der Waals surface area contributed by atoms with Crippen molar-refractivity contribution in [3.8, 4) is 0 Å². The van der Waals surface area contributed by atoms with E-state index < -0.39 is 109 Å². The first-order valence-electron chi connectivity index (χ1n) is 9.44. The van der Waals surface area contributed by atoms with Gasteiger partial charge in [-0.3, -0.25) is 28.8 Å². The Bertz CT molecular complexity index is 994. The highest BCUT2D eigenvalue weighted by Crippen LogP contribution is 2.29. The number of aliphatic carboxylic acids is 7. The Morgan fingerprint density at radius 1 is 0.432 bits per heavy atom. The Balaban J connectivity index is 6.33.